The summed E-state index contributed by atoms with van der Waals surface area (Å²) in [4.78, 5) is 24.8. The molecule has 1 heterocycles. The lowest BCUT2D eigenvalue weighted by molar-refractivity contribution is 0.1000. The lowest BCUT2D eigenvalue weighted by atomic mass is 9.97. The lowest BCUT2D eigenvalue weighted by Crippen LogP contribution is -2.38. The van der Waals surface area contributed by atoms with Gasteiger partial charge in [0.05, 0.1) is 0 Å². The van der Waals surface area contributed by atoms with Gasteiger partial charge in [0.1, 0.15) is 0 Å². The number of hydrogen-bond donors (Lipinski definition) is 2. The van der Waals surface area contributed by atoms with Crippen molar-refractivity contribution in [1.82, 2.24) is 10.2 Å². The number of primary amides is 1. The van der Waals surface area contributed by atoms with Crippen LogP contribution in [0.2, 0.25) is 0 Å². The molecule has 0 aromatic heterocycles. The second-order valence-corrected chi connectivity index (χ2v) is 5.20. The minimum atomic E-state index is -0.401. The van der Waals surface area contributed by atoms with Gasteiger partial charge in [-0.2, -0.15) is 0 Å². The summed E-state index contributed by atoms with van der Waals surface area (Å²) in [5.41, 5.74) is 6.93. The van der Waals surface area contributed by atoms with Gasteiger partial charge in [-0.05, 0) is 43.4 Å². The predicted octanol–water partition coefficient (Wildman–Crippen LogP) is 1.38. The van der Waals surface area contributed by atoms with Gasteiger partial charge in [0, 0.05) is 25.2 Å². The predicted molar refractivity (Wildman–Crippen MR) is 77.4 cm³/mol. The van der Waals surface area contributed by atoms with E-state index in [1.54, 1.807) is 6.07 Å². The van der Waals surface area contributed by atoms with E-state index in [1.807, 2.05) is 30.0 Å². The van der Waals surface area contributed by atoms with E-state index >= 15 is 0 Å². The van der Waals surface area contributed by atoms with E-state index in [0.717, 1.165) is 31.5 Å². The van der Waals surface area contributed by atoms with Crippen LogP contribution in [0.25, 0.3) is 0 Å². The summed E-state index contributed by atoms with van der Waals surface area (Å²) in [6.45, 7) is 4.14. The highest BCUT2D eigenvalue weighted by atomic mass is 16.2. The molecule has 3 N–H and O–H groups in total. The molecule has 0 radical (unpaired) electrons. The molecule has 2 rings (SSSR count). The monoisotopic (exact) mass is 275 g/mol. The maximum Gasteiger partial charge on any atom is 0.317 e. The fourth-order valence-electron chi connectivity index (χ4n) is 2.63. The lowest BCUT2D eigenvalue weighted by Gasteiger charge is -2.16. The van der Waals surface area contributed by atoms with Gasteiger partial charge < -0.3 is 16.0 Å². The van der Waals surface area contributed by atoms with Crippen LogP contribution in [0.3, 0.4) is 0 Å². The van der Waals surface area contributed by atoms with Crippen molar-refractivity contribution in [2.45, 2.75) is 19.8 Å². The summed E-state index contributed by atoms with van der Waals surface area (Å²) >= 11 is 0. The maximum atomic E-state index is 11.7. The average Bonchev–Trinajstić information content (AvgIpc) is 2.88. The molecule has 1 atom stereocenters. The van der Waals surface area contributed by atoms with Crippen molar-refractivity contribution >= 4 is 11.9 Å². The number of nitrogens with two attached hydrogens (primary N) is 1. The first-order valence-electron chi connectivity index (χ1n) is 7.01. The Kier molecular flexibility index (Phi) is 4.61. The van der Waals surface area contributed by atoms with Crippen molar-refractivity contribution in [1.29, 1.82) is 0 Å². The molecule has 0 saturated carbocycles. The summed E-state index contributed by atoms with van der Waals surface area (Å²) in [5.74, 6) is 0.0444. The molecule has 108 valence electrons. The number of carbonyl (C=O) groups excluding carboxylic acids is 2. The first-order valence-corrected chi connectivity index (χ1v) is 7.01. The molecule has 3 amide bonds. The Morgan fingerprint density at radius 3 is 2.95 bits per heavy atom. The molecule has 1 aliphatic rings. The Morgan fingerprint density at radius 2 is 2.25 bits per heavy atom. The number of nitrogens with one attached hydrogen (secondary N) is 1. The van der Waals surface area contributed by atoms with E-state index in [-0.39, 0.29) is 6.03 Å². The van der Waals surface area contributed by atoms with E-state index in [0.29, 0.717) is 18.0 Å². The zero-order valence-corrected chi connectivity index (χ0v) is 11.8. The number of urea groups is 1. The van der Waals surface area contributed by atoms with E-state index in [1.165, 1.54) is 0 Å². The van der Waals surface area contributed by atoms with Crippen LogP contribution >= 0.6 is 0 Å². The topological polar surface area (TPSA) is 75.4 Å². The van der Waals surface area contributed by atoms with Crippen LogP contribution in [0.1, 0.15) is 29.3 Å². The molecule has 1 aromatic carbocycles. The highest BCUT2D eigenvalue weighted by Gasteiger charge is 2.25. The van der Waals surface area contributed by atoms with Crippen molar-refractivity contribution in [2.75, 3.05) is 19.6 Å². The summed E-state index contributed by atoms with van der Waals surface area (Å²) in [5, 5.41) is 2.82. The zero-order chi connectivity index (χ0) is 14.5. The number of nitrogens with zero attached hydrogens (tertiary/aromatic N) is 1. The van der Waals surface area contributed by atoms with Crippen LogP contribution in [0.15, 0.2) is 24.3 Å². The number of benzene rings is 1. The molecule has 0 aliphatic carbocycles. The Labute approximate surface area is 119 Å². The smallest absolute Gasteiger partial charge is 0.317 e. The van der Waals surface area contributed by atoms with Crippen LogP contribution in [-0.2, 0) is 6.42 Å². The van der Waals surface area contributed by atoms with Crippen LogP contribution < -0.4 is 11.1 Å². The van der Waals surface area contributed by atoms with Crippen LogP contribution in [0.5, 0.6) is 0 Å². The second kappa shape index (κ2) is 6.41. The van der Waals surface area contributed by atoms with E-state index < -0.39 is 5.91 Å². The third kappa shape index (κ3) is 3.50. The van der Waals surface area contributed by atoms with Crippen molar-refractivity contribution < 1.29 is 9.59 Å². The second-order valence-electron chi connectivity index (χ2n) is 5.20. The van der Waals surface area contributed by atoms with Gasteiger partial charge in [0.25, 0.3) is 0 Å². The van der Waals surface area contributed by atoms with Gasteiger partial charge in [-0.15, -0.1) is 0 Å². The third-order valence-electron chi connectivity index (χ3n) is 3.64. The summed E-state index contributed by atoms with van der Waals surface area (Å²) < 4.78 is 0. The van der Waals surface area contributed by atoms with Gasteiger partial charge in [-0.3, -0.25) is 4.79 Å². The summed E-state index contributed by atoms with van der Waals surface area (Å²) in [6.07, 6.45) is 1.87. The van der Waals surface area contributed by atoms with Gasteiger partial charge in [-0.25, -0.2) is 4.79 Å². The van der Waals surface area contributed by atoms with Crippen LogP contribution in [-0.4, -0.2) is 36.5 Å². The Balaban J connectivity index is 1.93. The van der Waals surface area contributed by atoms with Crippen molar-refractivity contribution in [2.24, 2.45) is 11.7 Å². The number of hydrogen-bond acceptors (Lipinski definition) is 2. The van der Waals surface area contributed by atoms with Crippen molar-refractivity contribution in [3.63, 3.8) is 0 Å². The number of likely N-dealkylation sites (tertiary alicyclic amines) is 1. The summed E-state index contributed by atoms with van der Waals surface area (Å²) in [7, 11) is 0. The molecule has 0 bridgehead atoms. The van der Waals surface area contributed by atoms with Crippen molar-refractivity contribution in [3.05, 3.63) is 35.4 Å². The first-order chi connectivity index (χ1) is 9.60. The van der Waals surface area contributed by atoms with Crippen LogP contribution in [0.4, 0.5) is 4.79 Å². The molecule has 5 nitrogen and oxygen atoms in total. The van der Waals surface area contributed by atoms with Gasteiger partial charge in [0.2, 0.25) is 5.91 Å². The number of rotatable bonds is 4. The SMILES string of the molecule is CCNC(=O)N1CC[C@H](Cc2cccc(C(N)=O)c2)C1. The number of carbonyl (C=O) groups is 2. The van der Waals surface area contributed by atoms with Gasteiger partial charge in [0.15, 0.2) is 0 Å². The van der Waals surface area contributed by atoms with Crippen LogP contribution in [0, 0.1) is 5.92 Å². The highest BCUT2D eigenvalue weighted by molar-refractivity contribution is 5.92. The molecule has 1 aliphatic heterocycles. The molecule has 0 unspecified atom stereocenters. The number of amides is 3. The molecule has 1 fully saturated rings. The Hall–Kier alpha value is -2.04. The fourth-order valence-corrected chi connectivity index (χ4v) is 2.63. The standard InChI is InChI=1S/C15H21N3O2/c1-2-17-15(20)18-7-6-12(10-18)8-11-4-3-5-13(9-11)14(16)19/h3-5,9,12H,2,6-8,10H2,1H3,(H2,16,19)(H,17,20)/t12-/m1/s1. The average molecular weight is 275 g/mol. The largest absolute Gasteiger partial charge is 0.366 e. The quantitative estimate of drug-likeness (QED) is 0.871. The summed E-state index contributed by atoms with van der Waals surface area (Å²) in [6, 6.07) is 7.44. The Bertz CT molecular complexity index is 502. The molecular formula is C15H21N3O2. The fraction of sp³-hybridized carbons (Fsp3) is 0.467. The molecule has 1 aromatic rings. The van der Waals surface area contributed by atoms with Crippen molar-refractivity contribution in [3.8, 4) is 0 Å². The van der Waals surface area contributed by atoms with Gasteiger partial charge >= 0.3 is 6.03 Å². The first kappa shape index (κ1) is 14.4. The molecule has 1 saturated heterocycles. The molecule has 20 heavy (non-hydrogen) atoms. The van der Waals surface area contributed by atoms with E-state index in [9.17, 15) is 9.59 Å². The highest BCUT2D eigenvalue weighted by Crippen LogP contribution is 2.21. The normalized spacial score (nSPS) is 18.1. The third-order valence-corrected chi connectivity index (χ3v) is 3.64. The Morgan fingerprint density at radius 1 is 1.45 bits per heavy atom. The molecule has 0 spiro atoms. The van der Waals surface area contributed by atoms with E-state index in [2.05, 4.69) is 5.32 Å². The minimum Gasteiger partial charge on any atom is -0.366 e. The van der Waals surface area contributed by atoms with Gasteiger partial charge in [-0.1, -0.05) is 12.1 Å². The molecule has 5 heteroatoms. The van der Waals surface area contributed by atoms with E-state index in [4.69, 9.17) is 5.73 Å². The molecular weight excluding hydrogens is 254 g/mol. The minimum absolute atomic E-state index is 0.0147. The zero-order valence-electron chi connectivity index (χ0n) is 11.8. The maximum absolute atomic E-state index is 11.7.